The Balaban J connectivity index is 2.21. The van der Waals surface area contributed by atoms with Gasteiger partial charge in [-0.1, -0.05) is 30.3 Å². The van der Waals surface area contributed by atoms with Crippen molar-refractivity contribution in [1.29, 1.82) is 0 Å². The van der Waals surface area contributed by atoms with Gasteiger partial charge in [0.1, 0.15) is 5.52 Å². The quantitative estimate of drug-likeness (QED) is 0.593. The molecule has 3 aromatic rings. The molecule has 0 fully saturated rings. The predicted molar refractivity (Wildman–Crippen MR) is 57.1 cm³/mol. The van der Waals surface area contributed by atoms with Crippen molar-refractivity contribution in [3.8, 4) is 11.5 Å². The fraction of sp³-hybridized carbons (Fsp3) is 0. The van der Waals surface area contributed by atoms with Gasteiger partial charge in [-0.25, -0.2) is 4.98 Å². The summed E-state index contributed by atoms with van der Waals surface area (Å²) in [5.74, 6) is 0.591. The standard InChI is InChI=1S/C13H7NO/c1-2-6-10(7-3-1)13-14-11-8-4-5-9-12(11)15-13/h1-2,4-6,8-9H. The minimum absolute atomic E-state index is 0.591. The summed E-state index contributed by atoms with van der Waals surface area (Å²) in [7, 11) is 0. The van der Waals surface area contributed by atoms with Crippen LogP contribution in [0.5, 0.6) is 0 Å². The van der Waals surface area contributed by atoms with Gasteiger partial charge < -0.3 is 4.42 Å². The number of benzene rings is 1. The van der Waals surface area contributed by atoms with E-state index < -0.39 is 0 Å². The summed E-state index contributed by atoms with van der Waals surface area (Å²) in [6.45, 7) is 0. The molecule has 0 unspecified atom stereocenters. The van der Waals surface area contributed by atoms with E-state index in [0.29, 0.717) is 5.89 Å². The summed E-state index contributed by atoms with van der Waals surface area (Å²) in [6, 6.07) is 19.1. The van der Waals surface area contributed by atoms with Crippen LogP contribution < -0.4 is 0 Å². The molecule has 1 heterocycles. The number of aromatic nitrogens is 1. The summed E-state index contributed by atoms with van der Waals surface area (Å²) in [5, 5.41) is 0. The Hall–Kier alpha value is -2.27. The molecule has 0 aliphatic carbocycles. The molecule has 2 heteroatoms. The Kier molecular flexibility index (Phi) is 1.69. The van der Waals surface area contributed by atoms with Crippen LogP contribution in [0.15, 0.2) is 46.9 Å². The zero-order chi connectivity index (χ0) is 10.1. The molecule has 0 aliphatic heterocycles. The molecule has 0 saturated carbocycles. The number of hydrogen-bond donors (Lipinski definition) is 0. The third-order valence-electron chi connectivity index (χ3n) is 2.17. The second-order valence-electron chi connectivity index (χ2n) is 3.20. The van der Waals surface area contributed by atoms with Crippen molar-refractivity contribution in [3.05, 3.63) is 54.6 Å². The number of para-hydroxylation sites is 2. The zero-order valence-electron chi connectivity index (χ0n) is 7.90. The lowest BCUT2D eigenvalue weighted by atomic mass is 10.3. The summed E-state index contributed by atoms with van der Waals surface area (Å²) < 4.78 is 5.59. The molecule has 0 bridgehead atoms. The first kappa shape index (κ1) is 8.07. The third kappa shape index (κ3) is 1.35. The number of hydrogen-bond acceptors (Lipinski definition) is 2. The molecule has 15 heavy (non-hydrogen) atoms. The summed E-state index contributed by atoms with van der Waals surface area (Å²) >= 11 is 0. The van der Waals surface area contributed by atoms with Crippen molar-refractivity contribution >= 4 is 11.1 Å². The summed E-state index contributed by atoms with van der Waals surface area (Å²) in [4.78, 5) is 4.37. The minimum atomic E-state index is 0.591. The van der Waals surface area contributed by atoms with Crippen LogP contribution in [0.25, 0.3) is 22.6 Å². The summed E-state index contributed by atoms with van der Waals surface area (Å²) in [6.07, 6.45) is 0. The maximum atomic E-state index is 5.59. The lowest BCUT2D eigenvalue weighted by Gasteiger charge is -1.87. The van der Waals surface area contributed by atoms with Crippen molar-refractivity contribution in [3.63, 3.8) is 0 Å². The molecular weight excluding hydrogens is 186 g/mol. The Bertz CT molecular complexity index is 551. The number of fused-ring (bicyclic) bond motifs is 1. The molecule has 2 aromatic carbocycles. The second-order valence-corrected chi connectivity index (χ2v) is 3.20. The molecule has 2 nitrogen and oxygen atoms in total. The van der Waals surface area contributed by atoms with E-state index in [-0.39, 0.29) is 0 Å². The van der Waals surface area contributed by atoms with Crippen LogP contribution in [-0.4, -0.2) is 4.98 Å². The fourth-order valence-corrected chi connectivity index (χ4v) is 1.47. The van der Waals surface area contributed by atoms with Gasteiger partial charge in [0.25, 0.3) is 0 Å². The van der Waals surface area contributed by atoms with Gasteiger partial charge in [-0.3, -0.25) is 0 Å². The molecule has 0 aliphatic rings. The van der Waals surface area contributed by atoms with Crippen molar-refractivity contribution < 1.29 is 4.42 Å². The molecule has 0 N–H and O–H groups in total. The van der Waals surface area contributed by atoms with Gasteiger partial charge in [0.05, 0.1) is 5.56 Å². The average molecular weight is 193 g/mol. The van der Waals surface area contributed by atoms with Crippen LogP contribution in [-0.2, 0) is 0 Å². The molecule has 70 valence electrons. The van der Waals surface area contributed by atoms with E-state index in [9.17, 15) is 0 Å². The van der Waals surface area contributed by atoms with Gasteiger partial charge in [-0.15, -0.1) is 0 Å². The molecule has 3 rings (SSSR count). The van der Waals surface area contributed by atoms with E-state index in [1.165, 1.54) is 0 Å². The number of oxazole rings is 1. The molecule has 0 spiro atoms. The smallest absolute Gasteiger partial charge is 0.235 e. The van der Waals surface area contributed by atoms with Gasteiger partial charge in [0.2, 0.25) is 5.89 Å². The van der Waals surface area contributed by atoms with E-state index in [0.717, 1.165) is 16.7 Å². The van der Waals surface area contributed by atoms with Gasteiger partial charge in [0, 0.05) is 0 Å². The van der Waals surface area contributed by atoms with Crippen LogP contribution in [0, 0.1) is 12.1 Å². The minimum Gasteiger partial charge on any atom is -0.435 e. The monoisotopic (exact) mass is 193 g/mol. The van der Waals surface area contributed by atoms with E-state index >= 15 is 0 Å². The maximum Gasteiger partial charge on any atom is 0.235 e. The number of rotatable bonds is 1. The lowest BCUT2D eigenvalue weighted by Crippen LogP contribution is -1.72. The van der Waals surface area contributed by atoms with Crippen LogP contribution in [0.1, 0.15) is 0 Å². The molecular formula is C13H7NO. The van der Waals surface area contributed by atoms with Crippen LogP contribution in [0.3, 0.4) is 0 Å². The van der Waals surface area contributed by atoms with Crippen LogP contribution in [0.2, 0.25) is 0 Å². The summed E-state index contributed by atoms with van der Waals surface area (Å²) in [5.41, 5.74) is 2.49. The molecule has 0 saturated heterocycles. The van der Waals surface area contributed by atoms with Crippen molar-refractivity contribution in [2.75, 3.05) is 0 Å². The lowest BCUT2D eigenvalue weighted by molar-refractivity contribution is 0.620. The largest absolute Gasteiger partial charge is 0.435 e. The normalized spacial score (nSPS) is 10.1. The Morgan fingerprint density at radius 3 is 2.80 bits per heavy atom. The van der Waals surface area contributed by atoms with Crippen LogP contribution >= 0.6 is 0 Å². The topological polar surface area (TPSA) is 26.0 Å². The number of nitrogens with zero attached hydrogens (tertiary/aromatic N) is 1. The van der Waals surface area contributed by atoms with Gasteiger partial charge in [-0.2, -0.15) is 0 Å². The van der Waals surface area contributed by atoms with E-state index in [1.807, 2.05) is 36.4 Å². The molecule has 1 aromatic heterocycles. The first-order valence-corrected chi connectivity index (χ1v) is 4.68. The Labute approximate surface area is 87.2 Å². The first-order chi connectivity index (χ1) is 7.43. The molecule has 0 amide bonds. The van der Waals surface area contributed by atoms with Crippen molar-refractivity contribution in [1.82, 2.24) is 4.98 Å². The van der Waals surface area contributed by atoms with E-state index in [4.69, 9.17) is 4.42 Å². The van der Waals surface area contributed by atoms with Crippen molar-refractivity contribution in [2.24, 2.45) is 0 Å². The Morgan fingerprint density at radius 2 is 2.00 bits per heavy atom. The van der Waals surface area contributed by atoms with Crippen LogP contribution in [0.4, 0.5) is 0 Å². The fourth-order valence-electron chi connectivity index (χ4n) is 1.47. The van der Waals surface area contributed by atoms with Gasteiger partial charge in [-0.05, 0) is 24.3 Å². The van der Waals surface area contributed by atoms with Gasteiger partial charge >= 0.3 is 0 Å². The highest BCUT2D eigenvalue weighted by Gasteiger charge is 2.05. The molecule has 0 radical (unpaired) electrons. The SMILES string of the molecule is c1cccc(-c2nc3ccccc3o2)c#1. The highest BCUT2D eigenvalue weighted by Crippen LogP contribution is 2.21. The van der Waals surface area contributed by atoms with Gasteiger partial charge in [0.15, 0.2) is 5.58 Å². The maximum absolute atomic E-state index is 5.59. The average Bonchev–Trinajstić information content (AvgIpc) is 2.74. The highest BCUT2D eigenvalue weighted by molar-refractivity contribution is 5.75. The first-order valence-electron chi connectivity index (χ1n) is 4.68. The zero-order valence-corrected chi connectivity index (χ0v) is 7.90. The predicted octanol–water partition coefficient (Wildman–Crippen LogP) is 3.10. The van der Waals surface area contributed by atoms with Crippen molar-refractivity contribution in [2.45, 2.75) is 0 Å². The van der Waals surface area contributed by atoms with E-state index in [2.05, 4.69) is 17.1 Å². The third-order valence-corrected chi connectivity index (χ3v) is 2.17. The van der Waals surface area contributed by atoms with E-state index in [1.54, 1.807) is 6.07 Å². The Morgan fingerprint density at radius 1 is 1.07 bits per heavy atom. The highest BCUT2D eigenvalue weighted by atomic mass is 16.3. The molecule has 0 atom stereocenters. The second kappa shape index (κ2) is 3.14.